The predicted molar refractivity (Wildman–Crippen MR) is 89.4 cm³/mol. The van der Waals surface area contributed by atoms with Gasteiger partial charge in [0.05, 0.1) is 19.8 Å². The van der Waals surface area contributed by atoms with Crippen LogP contribution in [0.2, 0.25) is 0 Å². The van der Waals surface area contributed by atoms with Gasteiger partial charge >= 0.3 is 0 Å². The molecule has 0 bridgehead atoms. The lowest BCUT2D eigenvalue weighted by atomic mass is 10.1. The Morgan fingerprint density at radius 2 is 1.65 bits per heavy atom. The second-order valence-corrected chi connectivity index (χ2v) is 6.26. The molecule has 1 fully saturated rings. The number of piperazine rings is 1. The smallest absolute Gasteiger partial charge is 0.222 e. The number of ketones is 1. The van der Waals surface area contributed by atoms with Crippen LogP contribution in [0, 0.1) is 5.92 Å². The lowest BCUT2D eigenvalue weighted by molar-refractivity contribution is -0.133. The summed E-state index contributed by atoms with van der Waals surface area (Å²) in [6.07, 6.45) is 1.57. The van der Waals surface area contributed by atoms with Gasteiger partial charge in [0, 0.05) is 45.1 Å². The molecule has 1 rings (SSSR count). The van der Waals surface area contributed by atoms with Crippen molar-refractivity contribution in [2.45, 2.75) is 33.6 Å². The van der Waals surface area contributed by atoms with Gasteiger partial charge in [-0.1, -0.05) is 20.8 Å². The van der Waals surface area contributed by atoms with Crippen LogP contribution in [0.1, 0.15) is 33.6 Å². The predicted octanol–water partition coefficient (Wildman–Crippen LogP) is 1.19. The minimum absolute atomic E-state index is 0.0267. The summed E-state index contributed by atoms with van der Waals surface area (Å²) in [5.74, 6) is 0.427. The molecule has 1 amide bonds. The Labute approximate surface area is 140 Å². The van der Waals surface area contributed by atoms with Crippen molar-refractivity contribution in [3.8, 4) is 0 Å². The summed E-state index contributed by atoms with van der Waals surface area (Å²) < 4.78 is 10.8. The number of carbonyl (C=O) groups excluding carboxylic acids is 2. The van der Waals surface area contributed by atoms with E-state index >= 15 is 0 Å². The molecule has 1 heterocycles. The zero-order chi connectivity index (χ0) is 17.1. The third-order valence-electron chi connectivity index (χ3n) is 4.00. The number of hydrogen-bond acceptors (Lipinski definition) is 5. The van der Waals surface area contributed by atoms with E-state index in [0.29, 0.717) is 26.2 Å². The van der Waals surface area contributed by atoms with Crippen LogP contribution in [0.5, 0.6) is 0 Å². The van der Waals surface area contributed by atoms with Crippen molar-refractivity contribution in [3.63, 3.8) is 0 Å². The van der Waals surface area contributed by atoms with Crippen molar-refractivity contribution in [3.05, 3.63) is 0 Å². The summed E-state index contributed by atoms with van der Waals surface area (Å²) >= 11 is 0. The standard InChI is InChI=1S/C17H32N2O4/c1-4-5-17(21)19-8-6-18(7-9-19)10-11-22-12-13-23-14-16(20)15(2)3/h15H,4-14H2,1-3H3. The Balaban J connectivity index is 1.97. The summed E-state index contributed by atoms with van der Waals surface area (Å²) in [4.78, 5) is 27.4. The molecule has 1 aliphatic heterocycles. The van der Waals surface area contributed by atoms with Gasteiger partial charge in [-0.15, -0.1) is 0 Å². The molecular formula is C17H32N2O4. The van der Waals surface area contributed by atoms with Crippen molar-refractivity contribution in [1.82, 2.24) is 9.80 Å². The van der Waals surface area contributed by atoms with Crippen molar-refractivity contribution < 1.29 is 19.1 Å². The normalized spacial score (nSPS) is 16.1. The van der Waals surface area contributed by atoms with Crippen LogP contribution < -0.4 is 0 Å². The Bertz CT molecular complexity index is 353. The fourth-order valence-electron chi connectivity index (χ4n) is 2.35. The molecule has 0 N–H and O–H groups in total. The number of hydrogen-bond donors (Lipinski definition) is 0. The Hall–Kier alpha value is -0.980. The molecule has 23 heavy (non-hydrogen) atoms. The fourth-order valence-corrected chi connectivity index (χ4v) is 2.35. The molecule has 134 valence electrons. The Kier molecular flexibility index (Phi) is 10.1. The zero-order valence-electron chi connectivity index (χ0n) is 14.9. The van der Waals surface area contributed by atoms with E-state index in [1.54, 1.807) is 0 Å². The van der Waals surface area contributed by atoms with Crippen LogP contribution in [-0.2, 0) is 19.1 Å². The van der Waals surface area contributed by atoms with Gasteiger partial charge in [0.15, 0.2) is 5.78 Å². The lowest BCUT2D eigenvalue weighted by Gasteiger charge is -2.34. The maximum absolute atomic E-state index is 11.8. The first-order valence-electron chi connectivity index (χ1n) is 8.73. The third-order valence-corrected chi connectivity index (χ3v) is 4.00. The van der Waals surface area contributed by atoms with Gasteiger partial charge in [-0.05, 0) is 6.42 Å². The highest BCUT2D eigenvalue weighted by Crippen LogP contribution is 2.04. The van der Waals surface area contributed by atoms with E-state index in [0.717, 1.165) is 39.1 Å². The Morgan fingerprint density at radius 3 is 2.26 bits per heavy atom. The molecule has 0 atom stereocenters. The maximum atomic E-state index is 11.8. The molecule has 1 aliphatic rings. The first-order valence-corrected chi connectivity index (χ1v) is 8.73. The summed E-state index contributed by atoms with van der Waals surface area (Å²) in [6.45, 7) is 11.9. The second-order valence-electron chi connectivity index (χ2n) is 6.26. The largest absolute Gasteiger partial charge is 0.378 e. The number of nitrogens with zero attached hydrogens (tertiary/aromatic N) is 2. The highest BCUT2D eigenvalue weighted by molar-refractivity contribution is 5.81. The Morgan fingerprint density at radius 1 is 1.00 bits per heavy atom. The van der Waals surface area contributed by atoms with Gasteiger partial charge in [-0.25, -0.2) is 0 Å². The van der Waals surface area contributed by atoms with Crippen LogP contribution in [0.15, 0.2) is 0 Å². The highest BCUT2D eigenvalue weighted by Gasteiger charge is 2.19. The molecule has 1 saturated heterocycles. The number of amides is 1. The molecule has 0 aliphatic carbocycles. The minimum Gasteiger partial charge on any atom is -0.378 e. The van der Waals surface area contributed by atoms with Crippen molar-refractivity contribution in [2.75, 3.05) is 59.2 Å². The van der Waals surface area contributed by atoms with Crippen LogP contribution >= 0.6 is 0 Å². The van der Waals surface area contributed by atoms with E-state index in [1.165, 1.54) is 0 Å². The molecule has 0 aromatic rings. The molecule has 6 nitrogen and oxygen atoms in total. The molecule has 0 aromatic heterocycles. The van der Waals surface area contributed by atoms with Gasteiger partial charge in [-0.3, -0.25) is 14.5 Å². The van der Waals surface area contributed by atoms with Gasteiger partial charge in [0.2, 0.25) is 5.91 Å². The van der Waals surface area contributed by atoms with Crippen LogP contribution in [-0.4, -0.2) is 80.6 Å². The van der Waals surface area contributed by atoms with Crippen LogP contribution in [0.3, 0.4) is 0 Å². The SMILES string of the molecule is CCCC(=O)N1CCN(CCOCCOCC(=O)C(C)C)CC1. The van der Waals surface area contributed by atoms with E-state index in [-0.39, 0.29) is 24.2 Å². The first-order chi connectivity index (χ1) is 11.0. The average molecular weight is 328 g/mol. The molecular weight excluding hydrogens is 296 g/mol. The van der Waals surface area contributed by atoms with Crippen molar-refractivity contribution in [2.24, 2.45) is 5.92 Å². The number of ether oxygens (including phenoxy) is 2. The van der Waals surface area contributed by atoms with E-state index in [9.17, 15) is 9.59 Å². The summed E-state index contributed by atoms with van der Waals surface area (Å²) in [5, 5.41) is 0. The second kappa shape index (κ2) is 11.5. The van der Waals surface area contributed by atoms with Gasteiger partial charge in [0.25, 0.3) is 0 Å². The molecule has 0 aromatic carbocycles. The van der Waals surface area contributed by atoms with E-state index in [2.05, 4.69) is 4.90 Å². The zero-order valence-corrected chi connectivity index (χ0v) is 14.9. The summed E-state index contributed by atoms with van der Waals surface area (Å²) in [7, 11) is 0. The quantitative estimate of drug-likeness (QED) is 0.533. The summed E-state index contributed by atoms with van der Waals surface area (Å²) in [5.41, 5.74) is 0. The van der Waals surface area contributed by atoms with Gasteiger partial charge < -0.3 is 14.4 Å². The maximum Gasteiger partial charge on any atom is 0.222 e. The first kappa shape index (κ1) is 20.1. The average Bonchev–Trinajstić information content (AvgIpc) is 2.54. The number of rotatable bonds is 11. The molecule has 0 radical (unpaired) electrons. The topological polar surface area (TPSA) is 59.1 Å². The van der Waals surface area contributed by atoms with Gasteiger partial charge in [0.1, 0.15) is 6.61 Å². The van der Waals surface area contributed by atoms with E-state index < -0.39 is 0 Å². The van der Waals surface area contributed by atoms with Gasteiger partial charge in [-0.2, -0.15) is 0 Å². The molecule has 0 unspecified atom stereocenters. The highest BCUT2D eigenvalue weighted by atomic mass is 16.5. The van der Waals surface area contributed by atoms with Crippen molar-refractivity contribution >= 4 is 11.7 Å². The molecule has 0 saturated carbocycles. The van der Waals surface area contributed by atoms with E-state index in [1.807, 2.05) is 25.7 Å². The number of carbonyl (C=O) groups is 2. The third kappa shape index (κ3) is 8.44. The number of Topliss-reactive ketones (excluding diaryl/α,β-unsaturated/α-hetero) is 1. The molecule has 6 heteroatoms. The summed E-state index contributed by atoms with van der Waals surface area (Å²) in [6, 6.07) is 0. The monoisotopic (exact) mass is 328 g/mol. The minimum atomic E-state index is 0.0267. The fraction of sp³-hybridized carbons (Fsp3) is 0.882. The van der Waals surface area contributed by atoms with Crippen molar-refractivity contribution in [1.29, 1.82) is 0 Å². The van der Waals surface area contributed by atoms with E-state index in [4.69, 9.17) is 9.47 Å². The van der Waals surface area contributed by atoms with Crippen LogP contribution in [0.25, 0.3) is 0 Å². The lowest BCUT2D eigenvalue weighted by Crippen LogP contribution is -2.49. The van der Waals surface area contributed by atoms with Crippen LogP contribution in [0.4, 0.5) is 0 Å². The molecule has 0 spiro atoms.